The number of aliphatic hydroxyl groups is 1. The summed E-state index contributed by atoms with van der Waals surface area (Å²) in [5.41, 5.74) is 3.95. The highest BCUT2D eigenvalue weighted by Gasteiger charge is 2.47. The zero-order chi connectivity index (χ0) is 12.4. The predicted molar refractivity (Wildman–Crippen MR) is 50.6 cm³/mol. The van der Waals surface area contributed by atoms with Gasteiger partial charge in [-0.25, -0.2) is 17.6 Å². The third kappa shape index (κ3) is 3.05. The zero-order valence-corrected chi connectivity index (χ0v) is 8.73. The molecule has 0 aromatic heterocycles. The van der Waals surface area contributed by atoms with E-state index in [0.717, 1.165) is 0 Å². The van der Waals surface area contributed by atoms with Gasteiger partial charge in [-0.2, -0.15) is 0 Å². The topological polar surface area (TPSA) is 58.3 Å². The third-order valence-electron chi connectivity index (χ3n) is 2.97. The van der Waals surface area contributed by atoms with Gasteiger partial charge in [-0.15, -0.1) is 0 Å². The van der Waals surface area contributed by atoms with Crippen molar-refractivity contribution in [3.63, 3.8) is 0 Å². The Labute approximate surface area is 91.0 Å². The van der Waals surface area contributed by atoms with Crippen molar-refractivity contribution in [1.82, 2.24) is 5.32 Å². The predicted octanol–water partition coefficient (Wildman–Crippen LogP) is 0.719. The largest absolute Gasteiger partial charge is 0.388 e. The van der Waals surface area contributed by atoms with Crippen molar-refractivity contribution >= 4 is 0 Å². The molecule has 1 fully saturated rings. The average Bonchev–Trinajstić information content (AvgIpc) is 2.18. The van der Waals surface area contributed by atoms with Crippen LogP contribution in [-0.2, 0) is 0 Å². The van der Waals surface area contributed by atoms with E-state index in [1.807, 2.05) is 0 Å². The van der Waals surface area contributed by atoms with E-state index in [1.165, 1.54) is 0 Å². The Morgan fingerprint density at radius 3 is 2.25 bits per heavy atom. The van der Waals surface area contributed by atoms with Gasteiger partial charge in [-0.3, -0.25) is 0 Å². The summed E-state index contributed by atoms with van der Waals surface area (Å²) in [6.07, 6.45) is -4.54. The van der Waals surface area contributed by atoms with Crippen LogP contribution in [0.3, 0.4) is 0 Å². The lowest BCUT2D eigenvalue weighted by Crippen LogP contribution is -2.56. The molecule has 3 nitrogen and oxygen atoms in total. The quantitative estimate of drug-likeness (QED) is 0.639. The van der Waals surface area contributed by atoms with E-state index in [4.69, 9.17) is 5.73 Å². The second kappa shape index (κ2) is 4.85. The Bertz CT molecular complexity index is 232. The molecule has 1 aliphatic rings. The van der Waals surface area contributed by atoms with Gasteiger partial charge in [0.05, 0.1) is 5.60 Å². The Morgan fingerprint density at radius 2 is 1.81 bits per heavy atom. The number of hydrogen-bond acceptors (Lipinski definition) is 3. The van der Waals surface area contributed by atoms with Crippen molar-refractivity contribution in [3.05, 3.63) is 0 Å². The number of halogens is 4. The van der Waals surface area contributed by atoms with E-state index in [9.17, 15) is 22.7 Å². The smallest absolute Gasteiger partial charge is 0.309 e. The van der Waals surface area contributed by atoms with E-state index in [0.29, 0.717) is 13.1 Å². The van der Waals surface area contributed by atoms with Gasteiger partial charge in [0.15, 0.2) is 0 Å². The summed E-state index contributed by atoms with van der Waals surface area (Å²) < 4.78 is 49.5. The van der Waals surface area contributed by atoms with Gasteiger partial charge in [0.25, 0.3) is 0 Å². The van der Waals surface area contributed by atoms with Gasteiger partial charge in [-0.1, -0.05) is 0 Å². The highest BCUT2D eigenvalue weighted by Crippen LogP contribution is 2.32. The molecule has 0 spiro atoms. The van der Waals surface area contributed by atoms with E-state index in [-0.39, 0.29) is 12.8 Å². The summed E-state index contributed by atoms with van der Waals surface area (Å²) >= 11 is 0. The maximum Gasteiger partial charge on any atom is 0.309 e. The minimum Gasteiger partial charge on any atom is -0.388 e. The minimum atomic E-state index is -4.14. The molecule has 16 heavy (non-hydrogen) atoms. The number of hydrogen-bond donors (Lipinski definition) is 3. The van der Waals surface area contributed by atoms with Crippen LogP contribution in [0.4, 0.5) is 17.6 Å². The van der Waals surface area contributed by atoms with Crippen molar-refractivity contribution in [3.8, 4) is 0 Å². The second-order valence-corrected chi connectivity index (χ2v) is 4.23. The number of nitrogens with one attached hydrogen (secondary N) is 1. The third-order valence-corrected chi connectivity index (χ3v) is 2.97. The summed E-state index contributed by atoms with van der Waals surface area (Å²) in [4.78, 5) is 0. The normalized spacial score (nSPS) is 23.4. The fourth-order valence-electron chi connectivity index (χ4n) is 1.80. The summed E-state index contributed by atoms with van der Waals surface area (Å²) in [5, 5.41) is 12.9. The van der Waals surface area contributed by atoms with Gasteiger partial charge in [0, 0.05) is 12.5 Å². The number of nitrogens with two attached hydrogens (primary N) is 1. The lowest BCUT2D eigenvalue weighted by Gasteiger charge is -2.38. The van der Waals surface area contributed by atoms with Gasteiger partial charge in [0.2, 0.25) is 0 Å². The molecule has 0 amide bonds. The summed E-state index contributed by atoms with van der Waals surface area (Å²) in [7, 11) is 0. The van der Waals surface area contributed by atoms with Crippen LogP contribution in [0.25, 0.3) is 0 Å². The lowest BCUT2D eigenvalue weighted by molar-refractivity contribution is -0.149. The lowest BCUT2D eigenvalue weighted by atomic mass is 9.82. The van der Waals surface area contributed by atoms with E-state index < -0.39 is 30.4 Å². The van der Waals surface area contributed by atoms with Crippen molar-refractivity contribution in [2.75, 3.05) is 13.1 Å². The standard InChI is InChI=1S/C9H16F4N2O/c10-7(11)9(12,13)5-6(14)8(16)1-3-15-4-2-8/h6-7,15-16H,1-5,14H2. The monoisotopic (exact) mass is 244 g/mol. The first-order chi connectivity index (χ1) is 7.28. The summed E-state index contributed by atoms with van der Waals surface area (Å²) in [6.45, 7) is 0.898. The molecule has 0 aliphatic carbocycles. The maximum absolute atomic E-state index is 12.8. The molecule has 1 saturated heterocycles. The first-order valence-corrected chi connectivity index (χ1v) is 5.12. The van der Waals surface area contributed by atoms with E-state index in [1.54, 1.807) is 0 Å². The van der Waals surface area contributed by atoms with Crippen LogP contribution in [0, 0.1) is 0 Å². The van der Waals surface area contributed by atoms with Crippen LogP contribution >= 0.6 is 0 Å². The number of piperidine rings is 1. The molecule has 1 rings (SSSR count). The van der Waals surface area contributed by atoms with Crippen molar-refractivity contribution < 1.29 is 22.7 Å². The molecule has 96 valence electrons. The van der Waals surface area contributed by atoms with Gasteiger partial charge in [-0.05, 0) is 25.9 Å². The van der Waals surface area contributed by atoms with Crippen LogP contribution in [0.2, 0.25) is 0 Å². The van der Waals surface area contributed by atoms with Crippen LogP contribution in [0.15, 0.2) is 0 Å². The average molecular weight is 244 g/mol. The number of rotatable bonds is 4. The van der Waals surface area contributed by atoms with Crippen LogP contribution in [0.5, 0.6) is 0 Å². The highest BCUT2D eigenvalue weighted by atomic mass is 19.3. The van der Waals surface area contributed by atoms with Gasteiger partial charge in [0.1, 0.15) is 0 Å². The van der Waals surface area contributed by atoms with Crippen LogP contribution in [-0.4, -0.2) is 42.2 Å². The molecular weight excluding hydrogens is 228 g/mol. The van der Waals surface area contributed by atoms with E-state index >= 15 is 0 Å². The molecule has 0 radical (unpaired) electrons. The van der Waals surface area contributed by atoms with Crippen molar-refractivity contribution in [2.45, 2.75) is 43.3 Å². The molecule has 0 saturated carbocycles. The number of alkyl halides is 4. The first-order valence-electron chi connectivity index (χ1n) is 5.12. The molecule has 1 aliphatic heterocycles. The molecule has 1 heterocycles. The fourth-order valence-corrected chi connectivity index (χ4v) is 1.80. The Morgan fingerprint density at radius 1 is 1.31 bits per heavy atom. The van der Waals surface area contributed by atoms with Crippen molar-refractivity contribution in [2.24, 2.45) is 5.73 Å². The SMILES string of the molecule is NC(CC(F)(F)C(F)F)C1(O)CCNCC1. The molecule has 0 bridgehead atoms. The Kier molecular flexibility index (Phi) is 4.14. The summed E-state index contributed by atoms with van der Waals surface area (Å²) in [5.74, 6) is -4.14. The molecule has 1 atom stereocenters. The molecule has 0 aromatic carbocycles. The summed E-state index contributed by atoms with van der Waals surface area (Å²) in [6, 6.07) is -1.33. The molecule has 0 aromatic rings. The second-order valence-electron chi connectivity index (χ2n) is 4.23. The highest BCUT2D eigenvalue weighted by molar-refractivity contribution is 4.95. The molecular formula is C9H16F4N2O. The molecule has 1 unspecified atom stereocenters. The Balaban J connectivity index is 2.59. The first kappa shape index (κ1) is 13.7. The molecule has 7 heteroatoms. The van der Waals surface area contributed by atoms with Crippen LogP contribution < -0.4 is 11.1 Å². The van der Waals surface area contributed by atoms with Crippen LogP contribution in [0.1, 0.15) is 19.3 Å². The minimum absolute atomic E-state index is 0.202. The maximum atomic E-state index is 12.8. The van der Waals surface area contributed by atoms with Gasteiger partial charge < -0.3 is 16.2 Å². The fraction of sp³-hybridized carbons (Fsp3) is 1.00. The van der Waals surface area contributed by atoms with Crippen molar-refractivity contribution in [1.29, 1.82) is 0 Å². The Hall–Kier alpha value is -0.400. The molecule has 4 N–H and O–H groups in total. The zero-order valence-electron chi connectivity index (χ0n) is 8.73. The van der Waals surface area contributed by atoms with E-state index in [2.05, 4.69) is 5.32 Å². The van der Waals surface area contributed by atoms with Gasteiger partial charge >= 0.3 is 12.3 Å².